The second-order valence-electron chi connectivity index (χ2n) is 6.29. The van der Waals surface area contributed by atoms with Crippen LogP contribution in [-0.4, -0.2) is 41.0 Å². The number of amides is 2. The van der Waals surface area contributed by atoms with Crippen LogP contribution >= 0.6 is 0 Å². The molecule has 0 saturated carbocycles. The second-order valence-corrected chi connectivity index (χ2v) is 6.29. The van der Waals surface area contributed by atoms with Gasteiger partial charge in [0.1, 0.15) is 5.82 Å². The minimum atomic E-state index is -0.335. The molecule has 2 amide bonds. The molecular formula is C19H20FN3O3. The number of aromatic nitrogens is 1. The minimum absolute atomic E-state index is 0.0100. The lowest BCUT2D eigenvalue weighted by Gasteiger charge is -2.31. The van der Waals surface area contributed by atoms with Crippen molar-refractivity contribution in [2.75, 3.05) is 13.1 Å². The molecule has 0 unspecified atom stereocenters. The van der Waals surface area contributed by atoms with Crippen LogP contribution in [0.2, 0.25) is 0 Å². The number of halogens is 1. The molecule has 6 nitrogen and oxygen atoms in total. The van der Waals surface area contributed by atoms with Gasteiger partial charge in [0.15, 0.2) is 0 Å². The normalized spacial score (nSPS) is 15.4. The number of hydrogen-bond acceptors (Lipinski definition) is 4. The minimum Gasteiger partial charge on any atom is -0.351 e. The lowest BCUT2D eigenvalue weighted by Crippen LogP contribution is -2.46. The summed E-state index contributed by atoms with van der Waals surface area (Å²) in [7, 11) is 0. The second kappa shape index (κ2) is 7.95. The van der Waals surface area contributed by atoms with Gasteiger partial charge in [0.2, 0.25) is 11.7 Å². The molecule has 1 aromatic carbocycles. The Hall–Kier alpha value is -2.96. The molecule has 0 radical (unpaired) electrons. The number of piperidine rings is 1. The van der Waals surface area contributed by atoms with E-state index in [2.05, 4.69) is 10.5 Å². The fourth-order valence-corrected chi connectivity index (χ4v) is 2.85. The van der Waals surface area contributed by atoms with E-state index in [1.54, 1.807) is 36.1 Å². The van der Waals surface area contributed by atoms with Crippen molar-refractivity contribution in [2.24, 2.45) is 0 Å². The van der Waals surface area contributed by atoms with Crippen molar-refractivity contribution >= 4 is 17.9 Å². The smallest absolute Gasteiger partial charge is 0.290 e. The van der Waals surface area contributed by atoms with Gasteiger partial charge < -0.3 is 14.7 Å². The summed E-state index contributed by atoms with van der Waals surface area (Å²) in [5, 5.41) is 6.60. The highest BCUT2D eigenvalue weighted by atomic mass is 19.1. The van der Waals surface area contributed by atoms with Crippen LogP contribution in [-0.2, 0) is 4.79 Å². The molecule has 26 heavy (non-hydrogen) atoms. The van der Waals surface area contributed by atoms with Gasteiger partial charge in [-0.25, -0.2) is 4.39 Å². The van der Waals surface area contributed by atoms with E-state index in [-0.39, 0.29) is 29.4 Å². The highest BCUT2D eigenvalue weighted by molar-refractivity contribution is 5.92. The summed E-state index contributed by atoms with van der Waals surface area (Å²) >= 11 is 0. The number of hydrogen-bond donors (Lipinski definition) is 1. The summed E-state index contributed by atoms with van der Waals surface area (Å²) in [6, 6.07) is 7.65. The molecule has 1 saturated heterocycles. The third-order valence-electron chi connectivity index (χ3n) is 4.26. The molecule has 7 heteroatoms. The number of nitrogens with zero attached hydrogens (tertiary/aromatic N) is 2. The van der Waals surface area contributed by atoms with E-state index in [1.165, 1.54) is 18.2 Å². The lowest BCUT2D eigenvalue weighted by atomic mass is 10.0. The molecule has 2 heterocycles. The van der Waals surface area contributed by atoms with Crippen molar-refractivity contribution in [1.82, 2.24) is 15.4 Å². The van der Waals surface area contributed by atoms with Crippen LogP contribution in [0.3, 0.4) is 0 Å². The van der Waals surface area contributed by atoms with E-state index in [0.29, 0.717) is 37.2 Å². The zero-order chi connectivity index (χ0) is 18.5. The number of likely N-dealkylation sites (tertiary alicyclic amines) is 1. The molecule has 1 fully saturated rings. The zero-order valence-corrected chi connectivity index (χ0v) is 14.4. The summed E-state index contributed by atoms with van der Waals surface area (Å²) < 4.78 is 18.1. The van der Waals surface area contributed by atoms with E-state index in [4.69, 9.17) is 4.52 Å². The summed E-state index contributed by atoms with van der Waals surface area (Å²) in [5.41, 5.74) is 1.29. The lowest BCUT2D eigenvalue weighted by molar-refractivity contribution is -0.127. The molecular weight excluding hydrogens is 337 g/mol. The molecule has 0 spiro atoms. The third kappa shape index (κ3) is 4.56. The van der Waals surface area contributed by atoms with E-state index in [0.717, 1.165) is 0 Å². The van der Waals surface area contributed by atoms with Crippen molar-refractivity contribution in [3.63, 3.8) is 0 Å². The van der Waals surface area contributed by atoms with Gasteiger partial charge in [-0.3, -0.25) is 9.59 Å². The summed E-state index contributed by atoms with van der Waals surface area (Å²) in [6.45, 7) is 2.85. The SMILES string of the molecule is Cc1cc(C(=O)NC2CCN(C(=O)/C=C/c3cccc(F)c3)CC2)on1. The number of nitrogens with one attached hydrogen (secondary N) is 1. The Morgan fingerprint density at radius 3 is 2.73 bits per heavy atom. The highest BCUT2D eigenvalue weighted by Crippen LogP contribution is 2.13. The number of rotatable bonds is 4. The third-order valence-corrected chi connectivity index (χ3v) is 4.26. The van der Waals surface area contributed by atoms with E-state index in [1.807, 2.05) is 0 Å². The molecule has 0 atom stereocenters. The number of carbonyl (C=O) groups excluding carboxylic acids is 2. The van der Waals surface area contributed by atoms with Gasteiger partial charge in [0.05, 0.1) is 5.69 Å². The van der Waals surface area contributed by atoms with Crippen LogP contribution in [0, 0.1) is 12.7 Å². The quantitative estimate of drug-likeness (QED) is 0.854. The average Bonchev–Trinajstić information content (AvgIpc) is 3.07. The first-order chi connectivity index (χ1) is 12.5. The summed E-state index contributed by atoms with van der Waals surface area (Å²) in [5.74, 6) is -0.552. The van der Waals surface area contributed by atoms with Crippen LogP contribution in [0.15, 0.2) is 40.9 Å². The first kappa shape index (κ1) is 17.8. The predicted octanol–water partition coefficient (Wildman–Crippen LogP) is 2.56. The monoisotopic (exact) mass is 357 g/mol. The van der Waals surface area contributed by atoms with Gasteiger partial charge in [-0.05, 0) is 43.5 Å². The van der Waals surface area contributed by atoms with Gasteiger partial charge in [-0.15, -0.1) is 0 Å². The Labute approximate surface area is 150 Å². The van der Waals surface area contributed by atoms with Crippen molar-refractivity contribution in [3.05, 3.63) is 59.2 Å². The maximum absolute atomic E-state index is 13.1. The maximum atomic E-state index is 13.1. The van der Waals surface area contributed by atoms with Crippen molar-refractivity contribution < 1.29 is 18.5 Å². The topological polar surface area (TPSA) is 75.4 Å². The van der Waals surface area contributed by atoms with Crippen LogP contribution in [0.25, 0.3) is 6.08 Å². The Balaban J connectivity index is 1.48. The Morgan fingerprint density at radius 2 is 2.08 bits per heavy atom. The molecule has 1 aliphatic heterocycles. The summed E-state index contributed by atoms with van der Waals surface area (Å²) in [4.78, 5) is 26.0. The van der Waals surface area contributed by atoms with Crippen LogP contribution in [0.1, 0.15) is 34.7 Å². The van der Waals surface area contributed by atoms with E-state index >= 15 is 0 Å². The number of benzene rings is 1. The Morgan fingerprint density at radius 1 is 1.31 bits per heavy atom. The Kier molecular flexibility index (Phi) is 5.46. The van der Waals surface area contributed by atoms with Gasteiger partial charge in [0, 0.05) is 31.3 Å². The molecule has 2 aromatic rings. The van der Waals surface area contributed by atoms with E-state index < -0.39 is 0 Å². The summed E-state index contributed by atoms with van der Waals surface area (Å²) in [6.07, 6.45) is 4.38. The van der Waals surface area contributed by atoms with E-state index in [9.17, 15) is 14.0 Å². The van der Waals surface area contributed by atoms with Gasteiger partial charge in [0.25, 0.3) is 5.91 Å². The molecule has 1 aliphatic rings. The fourth-order valence-electron chi connectivity index (χ4n) is 2.85. The molecule has 0 bridgehead atoms. The molecule has 1 N–H and O–H groups in total. The maximum Gasteiger partial charge on any atom is 0.290 e. The van der Waals surface area contributed by atoms with Crippen molar-refractivity contribution in [1.29, 1.82) is 0 Å². The van der Waals surface area contributed by atoms with Gasteiger partial charge in [-0.1, -0.05) is 17.3 Å². The molecule has 3 rings (SSSR count). The number of aryl methyl sites for hydroxylation is 1. The standard InChI is InChI=1S/C19H20FN3O3/c1-13-11-17(26-22-13)19(25)21-16-7-9-23(10-8-16)18(24)6-5-14-3-2-4-15(20)12-14/h2-6,11-12,16H,7-10H2,1H3,(H,21,25)/b6-5+. The van der Waals surface area contributed by atoms with Gasteiger partial charge >= 0.3 is 0 Å². The van der Waals surface area contributed by atoms with Crippen molar-refractivity contribution in [3.8, 4) is 0 Å². The molecule has 1 aromatic heterocycles. The molecule has 0 aliphatic carbocycles. The highest BCUT2D eigenvalue weighted by Gasteiger charge is 2.24. The predicted molar refractivity (Wildman–Crippen MR) is 93.7 cm³/mol. The zero-order valence-electron chi connectivity index (χ0n) is 14.4. The van der Waals surface area contributed by atoms with Gasteiger partial charge in [-0.2, -0.15) is 0 Å². The average molecular weight is 357 g/mol. The fraction of sp³-hybridized carbons (Fsp3) is 0.316. The Bertz CT molecular complexity index is 823. The van der Waals surface area contributed by atoms with Crippen LogP contribution < -0.4 is 5.32 Å². The van der Waals surface area contributed by atoms with Crippen LogP contribution in [0.4, 0.5) is 4.39 Å². The van der Waals surface area contributed by atoms with Crippen molar-refractivity contribution in [2.45, 2.75) is 25.8 Å². The van der Waals surface area contributed by atoms with Crippen LogP contribution in [0.5, 0.6) is 0 Å². The number of carbonyl (C=O) groups is 2. The molecule has 136 valence electrons. The largest absolute Gasteiger partial charge is 0.351 e. The first-order valence-corrected chi connectivity index (χ1v) is 8.48. The first-order valence-electron chi connectivity index (χ1n) is 8.48.